The molecule has 1 N–H and O–H groups in total. The van der Waals surface area contributed by atoms with E-state index >= 15 is 0 Å². The maximum atomic E-state index is 12.2. The molecule has 0 radical (unpaired) electrons. The Morgan fingerprint density at radius 2 is 2.11 bits per heavy atom. The van der Waals surface area contributed by atoms with Crippen LogP contribution in [0.25, 0.3) is 0 Å². The Bertz CT molecular complexity index is 458. The summed E-state index contributed by atoms with van der Waals surface area (Å²) >= 11 is 0. The quantitative estimate of drug-likeness (QED) is 0.824. The molecule has 4 nitrogen and oxygen atoms in total. The second kappa shape index (κ2) is 5.61. The van der Waals surface area contributed by atoms with Crippen LogP contribution in [0.2, 0.25) is 0 Å². The summed E-state index contributed by atoms with van der Waals surface area (Å²) in [7, 11) is 1.92. The molecule has 104 valence electrons. The summed E-state index contributed by atoms with van der Waals surface area (Å²) in [5.74, 6) is -0.117. The van der Waals surface area contributed by atoms with Crippen LogP contribution in [0.5, 0.6) is 0 Å². The highest BCUT2D eigenvalue weighted by Crippen LogP contribution is 2.28. The van der Waals surface area contributed by atoms with E-state index in [4.69, 9.17) is 4.74 Å². The number of nitrogens with zero attached hydrogens (tertiary/aromatic N) is 1. The summed E-state index contributed by atoms with van der Waals surface area (Å²) in [5, 5.41) is 9.35. The highest BCUT2D eigenvalue weighted by molar-refractivity contribution is 5.81. The van der Waals surface area contributed by atoms with Crippen molar-refractivity contribution in [2.24, 2.45) is 5.92 Å². The molecule has 1 heterocycles. The minimum Gasteiger partial charge on any atom is -0.458 e. The number of aliphatic hydroxyl groups excluding tert-OH is 1. The molecule has 0 saturated carbocycles. The van der Waals surface area contributed by atoms with Gasteiger partial charge in [-0.3, -0.25) is 0 Å². The summed E-state index contributed by atoms with van der Waals surface area (Å²) in [6.07, 6.45) is 0.0942. The Kier molecular flexibility index (Phi) is 4.10. The summed E-state index contributed by atoms with van der Waals surface area (Å²) in [4.78, 5) is 14.2. The predicted octanol–water partition coefficient (Wildman–Crippen LogP) is 1.61. The molecule has 0 amide bonds. The average molecular weight is 263 g/mol. The SMILES string of the molecule is CC(C)[C@H]1C(=O)O[C@H](CO)Cc2ccccc2N1C. The second-order valence-electron chi connectivity index (χ2n) is 5.37. The van der Waals surface area contributed by atoms with Gasteiger partial charge in [0.1, 0.15) is 12.1 Å². The number of benzene rings is 1. The smallest absolute Gasteiger partial charge is 0.329 e. The Hall–Kier alpha value is -1.55. The molecule has 0 aliphatic carbocycles. The first kappa shape index (κ1) is 13.9. The zero-order valence-electron chi connectivity index (χ0n) is 11.7. The number of carbonyl (C=O) groups is 1. The monoisotopic (exact) mass is 263 g/mol. The van der Waals surface area contributed by atoms with Crippen molar-refractivity contribution in [3.05, 3.63) is 29.8 Å². The van der Waals surface area contributed by atoms with E-state index in [2.05, 4.69) is 0 Å². The second-order valence-corrected chi connectivity index (χ2v) is 5.37. The third-order valence-electron chi connectivity index (χ3n) is 3.60. The Balaban J connectivity index is 2.45. The van der Waals surface area contributed by atoms with Crippen LogP contribution >= 0.6 is 0 Å². The van der Waals surface area contributed by atoms with E-state index in [-0.39, 0.29) is 24.5 Å². The minimum absolute atomic E-state index is 0.142. The summed E-state index contributed by atoms with van der Waals surface area (Å²) in [6.45, 7) is 3.86. The van der Waals surface area contributed by atoms with Crippen molar-refractivity contribution < 1.29 is 14.6 Å². The van der Waals surface area contributed by atoms with Gasteiger partial charge in [0, 0.05) is 19.2 Å². The van der Waals surface area contributed by atoms with Crippen molar-refractivity contribution in [2.45, 2.75) is 32.4 Å². The lowest BCUT2D eigenvalue weighted by Gasteiger charge is -2.36. The van der Waals surface area contributed by atoms with Crippen LogP contribution in [0, 0.1) is 5.92 Å². The van der Waals surface area contributed by atoms with Crippen molar-refractivity contribution in [1.29, 1.82) is 0 Å². The third kappa shape index (κ3) is 2.73. The first-order chi connectivity index (χ1) is 9.04. The summed E-state index contributed by atoms with van der Waals surface area (Å²) < 4.78 is 5.41. The molecule has 0 saturated heterocycles. The molecule has 0 fully saturated rings. The van der Waals surface area contributed by atoms with Gasteiger partial charge >= 0.3 is 5.97 Å². The van der Waals surface area contributed by atoms with Crippen molar-refractivity contribution in [1.82, 2.24) is 0 Å². The molecule has 2 rings (SSSR count). The van der Waals surface area contributed by atoms with Gasteiger partial charge in [-0.15, -0.1) is 0 Å². The number of likely N-dealkylation sites (N-methyl/N-ethyl adjacent to an activating group) is 1. The standard InChI is InChI=1S/C15H21NO3/c1-10(2)14-15(18)19-12(9-17)8-11-6-4-5-7-13(11)16(14)3/h4-7,10,12,14,17H,8-9H2,1-3H3/t12-,14-/m0/s1. The molecular formula is C15H21NO3. The van der Waals surface area contributed by atoms with Crippen LogP contribution in [0.4, 0.5) is 5.69 Å². The van der Waals surface area contributed by atoms with Gasteiger partial charge in [-0.2, -0.15) is 0 Å². The first-order valence-electron chi connectivity index (χ1n) is 6.66. The van der Waals surface area contributed by atoms with Gasteiger partial charge in [-0.25, -0.2) is 4.79 Å². The fourth-order valence-corrected chi connectivity index (χ4v) is 2.68. The average Bonchev–Trinajstić information content (AvgIpc) is 2.36. The number of esters is 1. The van der Waals surface area contributed by atoms with Crippen LogP contribution in [0.15, 0.2) is 24.3 Å². The van der Waals surface area contributed by atoms with E-state index in [0.717, 1.165) is 11.3 Å². The molecule has 1 aromatic carbocycles. The van der Waals surface area contributed by atoms with E-state index < -0.39 is 6.10 Å². The molecule has 1 aromatic rings. The maximum absolute atomic E-state index is 12.2. The summed E-state index contributed by atoms with van der Waals surface area (Å²) in [6, 6.07) is 7.64. The minimum atomic E-state index is -0.455. The molecule has 1 aliphatic rings. The molecule has 1 aliphatic heterocycles. The number of anilines is 1. The molecular weight excluding hydrogens is 242 g/mol. The van der Waals surface area contributed by atoms with Gasteiger partial charge in [-0.05, 0) is 17.5 Å². The molecule has 2 atom stereocenters. The maximum Gasteiger partial charge on any atom is 0.329 e. The fourth-order valence-electron chi connectivity index (χ4n) is 2.68. The number of ether oxygens (including phenoxy) is 1. The van der Waals surface area contributed by atoms with E-state index in [9.17, 15) is 9.90 Å². The number of rotatable bonds is 2. The molecule has 0 aromatic heterocycles. The summed E-state index contributed by atoms with van der Waals surface area (Å²) in [5.41, 5.74) is 2.14. The van der Waals surface area contributed by atoms with Gasteiger partial charge < -0.3 is 14.7 Å². The molecule has 19 heavy (non-hydrogen) atoms. The van der Waals surface area contributed by atoms with E-state index in [1.165, 1.54) is 0 Å². The number of fused-ring (bicyclic) bond motifs is 1. The van der Waals surface area contributed by atoms with E-state index in [0.29, 0.717) is 6.42 Å². The Labute approximate surface area is 114 Å². The van der Waals surface area contributed by atoms with Gasteiger partial charge in [-0.1, -0.05) is 32.0 Å². The highest BCUT2D eigenvalue weighted by atomic mass is 16.6. The van der Waals surface area contributed by atoms with Crippen molar-refractivity contribution in [2.75, 3.05) is 18.6 Å². The number of para-hydroxylation sites is 1. The van der Waals surface area contributed by atoms with Crippen LogP contribution < -0.4 is 4.90 Å². The number of hydrogen-bond donors (Lipinski definition) is 1. The fraction of sp³-hybridized carbons (Fsp3) is 0.533. The topological polar surface area (TPSA) is 49.8 Å². The largest absolute Gasteiger partial charge is 0.458 e. The normalized spacial score (nSPS) is 23.6. The number of carbonyl (C=O) groups excluding carboxylic acids is 1. The third-order valence-corrected chi connectivity index (χ3v) is 3.60. The van der Waals surface area contributed by atoms with Crippen molar-refractivity contribution >= 4 is 11.7 Å². The van der Waals surface area contributed by atoms with Gasteiger partial charge in [0.25, 0.3) is 0 Å². The van der Waals surface area contributed by atoms with Gasteiger partial charge in [0.05, 0.1) is 6.61 Å². The van der Waals surface area contributed by atoms with Crippen LogP contribution in [-0.4, -0.2) is 36.9 Å². The zero-order chi connectivity index (χ0) is 14.0. The number of aliphatic hydroxyl groups is 1. The molecule has 0 unspecified atom stereocenters. The van der Waals surface area contributed by atoms with Crippen molar-refractivity contribution in [3.8, 4) is 0 Å². The van der Waals surface area contributed by atoms with Crippen LogP contribution in [-0.2, 0) is 16.0 Å². The zero-order valence-corrected chi connectivity index (χ0v) is 11.7. The van der Waals surface area contributed by atoms with Crippen LogP contribution in [0.1, 0.15) is 19.4 Å². The number of cyclic esters (lactones) is 1. The first-order valence-corrected chi connectivity index (χ1v) is 6.66. The lowest BCUT2D eigenvalue weighted by Crippen LogP contribution is -2.47. The predicted molar refractivity (Wildman–Crippen MR) is 74.1 cm³/mol. The van der Waals surface area contributed by atoms with Crippen LogP contribution in [0.3, 0.4) is 0 Å². The van der Waals surface area contributed by atoms with Gasteiger partial charge in [0.2, 0.25) is 0 Å². The lowest BCUT2D eigenvalue weighted by atomic mass is 9.97. The molecule has 4 heteroatoms. The highest BCUT2D eigenvalue weighted by Gasteiger charge is 2.33. The van der Waals surface area contributed by atoms with Gasteiger partial charge in [0.15, 0.2) is 0 Å². The molecule has 0 bridgehead atoms. The lowest BCUT2D eigenvalue weighted by molar-refractivity contribution is -0.154. The molecule has 0 spiro atoms. The van der Waals surface area contributed by atoms with E-state index in [1.54, 1.807) is 0 Å². The van der Waals surface area contributed by atoms with Crippen molar-refractivity contribution in [3.63, 3.8) is 0 Å². The number of hydrogen-bond acceptors (Lipinski definition) is 4. The van der Waals surface area contributed by atoms with E-state index in [1.807, 2.05) is 50.1 Å². The Morgan fingerprint density at radius 3 is 2.74 bits per heavy atom. The Morgan fingerprint density at radius 1 is 1.42 bits per heavy atom.